The van der Waals surface area contributed by atoms with Crippen molar-refractivity contribution in [2.45, 2.75) is 0 Å². The monoisotopic (exact) mass is 423 g/mol. The van der Waals surface area contributed by atoms with Crippen molar-refractivity contribution in [3.8, 4) is 34.8 Å². The third-order valence-corrected chi connectivity index (χ3v) is 4.52. The van der Waals surface area contributed by atoms with Gasteiger partial charge in [0.25, 0.3) is 0 Å². The van der Waals surface area contributed by atoms with Crippen LogP contribution in [0.2, 0.25) is 10.0 Å². The van der Waals surface area contributed by atoms with Gasteiger partial charge in [0.05, 0.1) is 0 Å². The summed E-state index contributed by atoms with van der Waals surface area (Å²) in [6, 6.07) is 27.5. The minimum atomic E-state index is 0.124. The lowest BCUT2D eigenvalue weighted by Crippen LogP contribution is -1.98. The fourth-order valence-electron chi connectivity index (χ4n) is 2.51. The average Bonchev–Trinajstić information content (AvgIpc) is 2.77. The highest BCUT2D eigenvalue weighted by molar-refractivity contribution is 6.38. The number of aromatic nitrogens is 1. The number of pyridine rings is 1. The molecule has 0 saturated carbocycles. The van der Waals surface area contributed by atoms with Crippen LogP contribution in [-0.2, 0) is 0 Å². The van der Waals surface area contributed by atoms with Gasteiger partial charge in [-0.15, -0.1) is 0 Å². The molecule has 0 N–H and O–H groups in total. The predicted molar refractivity (Wildman–Crippen MR) is 114 cm³/mol. The quantitative estimate of drug-likeness (QED) is 0.317. The molecular formula is C23H15Cl2NO3. The topological polar surface area (TPSA) is 40.6 Å². The van der Waals surface area contributed by atoms with Gasteiger partial charge in [0.2, 0.25) is 11.8 Å². The largest absolute Gasteiger partial charge is 0.454 e. The van der Waals surface area contributed by atoms with Crippen LogP contribution in [0.1, 0.15) is 0 Å². The molecule has 0 saturated heterocycles. The molecule has 3 aromatic carbocycles. The van der Waals surface area contributed by atoms with Crippen molar-refractivity contribution in [2.24, 2.45) is 0 Å². The van der Waals surface area contributed by atoms with E-state index in [0.717, 1.165) is 0 Å². The first-order valence-electron chi connectivity index (χ1n) is 8.78. The normalized spacial score (nSPS) is 10.4. The van der Waals surface area contributed by atoms with Gasteiger partial charge < -0.3 is 14.2 Å². The first-order valence-corrected chi connectivity index (χ1v) is 9.54. The van der Waals surface area contributed by atoms with Crippen molar-refractivity contribution in [3.05, 3.63) is 101 Å². The van der Waals surface area contributed by atoms with Gasteiger partial charge in [0.1, 0.15) is 27.3 Å². The maximum Gasteiger partial charge on any atom is 0.245 e. The molecule has 144 valence electrons. The summed E-state index contributed by atoms with van der Waals surface area (Å²) < 4.78 is 17.7. The van der Waals surface area contributed by atoms with E-state index < -0.39 is 0 Å². The van der Waals surface area contributed by atoms with Crippen molar-refractivity contribution in [2.75, 3.05) is 0 Å². The van der Waals surface area contributed by atoms with Crippen LogP contribution in [0.4, 0.5) is 0 Å². The Kier molecular flexibility index (Phi) is 5.84. The summed E-state index contributed by atoms with van der Waals surface area (Å²) in [4.78, 5) is 4.38. The summed E-state index contributed by atoms with van der Waals surface area (Å²) in [5.74, 6) is 2.16. The van der Waals surface area contributed by atoms with E-state index in [1.54, 1.807) is 36.4 Å². The van der Waals surface area contributed by atoms with Crippen molar-refractivity contribution >= 4 is 23.2 Å². The number of halogens is 2. The number of rotatable bonds is 6. The van der Waals surface area contributed by atoms with Gasteiger partial charge >= 0.3 is 0 Å². The highest BCUT2D eigenvalue weighted by atomic mass is 35.5. The van der Waals surface area contributed by atoms with Gasteiger partial charge in [-0.1, -0.05) is 77.8 Å². The molecule has 1 aromatic heterocycles. The van der Waals surface area contributed by atoms with Crippen LogP contribution in [0.3, 0.4) is 0 Å². The standard InChI is InChI=1S/C23H15Cl2NO3/c24-19-21(27-16-10-4-1-5-11-16)20(25)23(29-18-14-8-3-9-15-18)26-22(19)28-17-12-6-2-7-13-17/h1-15H. The Morgan fingerprint density at radius 1 is 0.483 bits per heavy atom. The molecule has 0 radical (unpaired) electrons. The number of hydrogen-bond acceptors (Lipinski definition) is 4. The molecule has 0 aliphatic rings. The molecule has 0 unspecified atom stereocenters. The Labute approximate surface area is 178 Å². The fraction of sp³-hybridized carbons (Fsp3) is 0. The van der Waals surface area contributed by atoms with E-state index in [1.165, 1.54) is 0 Å². The Bertz CT molecular complexity index is 1030. The molecule has 4 nitrogen and oxygen atoms in total. The lowest BCUT2D eigenvalue weighted by Gasteiger charge is -2.16. The van der Waals surface area contributed by atoms with Crippen LogP contribution in [0.15, 0.2) is 91.0 Å². The Morgan fingerprint density at radius 3 is 1.21 bits per heavy atom. The second-order valence-corrected chi connectivity index (χ2v) is 6.68. The Hall–Kier alpha value is -3.21. The molecule has 0 atom stereocenters. The van der Waals surface area contributed by atoms with Crippen LogP contribution in [0.25, 0.3) is 0 Å². The van der Waals surface area contributed by atoms with Crippen LogP contribution in [-0.4, -0.2) is 4.98 Å². The molecule has 1 heterocycles. The summed E-state index contributed by atoms with van der Waals surface area (Å²) in [6.07, 6.45) is 0. The molecule has 6 heteroatoms. The van der Waals surface area contributed by atoms with Crippen LogP contribution < -0.4 is 14.2 Å². The van der Waals surface area contributed by atoms with Crippen molar-refractivity contribution < 1.29 is 14.2 Å². The molecule has 0 spiro atoms. The fourth-order valence-corrected chi connectivity index (χ4v) is 2.99. The van der Waals surface area contributed by atoms with Crippen molar-refractivity contribution in [3.63, 3.8) is 0 Å². The molecule has 29 heavy (non-hydrogen) atoms. The molecule has 0 aliphatic carbocycles. The first-order chi connectivity index (χ1) is 14.2. The Morgan fingerprint density at radius 2 is 0.828 bits per heavy atom. The minimum absolute atomic E-state index is 0.124. The summed E-state index contributed by atoms with van der Waals surface area (Å²) in [6.45, 7) is 0. The minimum Gasteiger partial charge on any atom is -0.454 e. The maximum absolute atomic E-state index is 6.54. The number of nitrogens with zero attached hydrogens (tertiary/aromatic N) is 1. The predicted octanol–water partition coefficient (Wildman–Crippen LogP) is 7.77. The van der Waals surface area contributed by atoms with Gasteiger partial charge in [-0.05, 0) is 36.4 Å². The van der Waals surface area contributed by atoms with E-state index >= 15 is 0 Å². The molecule has 0 bridgehead atoms. The Balaban J connectivity index is 1.77. The number of benzene rings is 3. The average molecular weight is 424 g/mol. The van der Waals surface area contributed by atoms with Gasteiger partial charge in [0, 0.05) is 0 Å². The SMILES string of the molecule is Clc1c(Oc2ccccc2)nc(Oc2ccccc2)c(Cl)c1Oc1ccccc1. The number of para-hydroxylation sites is 3. The smallest absolute Gasteiger partial charge is 0.245 e. The van der Waals surface area contributed by atoms with E-state index in [2.05, 4.69) is 4.98 Å². The number of ether oxygens (including phenoxy) is 3. The third kappa shape index (κ3) is 4.62. The second-order valence-electron chi connectivity index (χ2n) is 5.92. The zero-order valence-corrected chi connectivity index (χ0v) is 16.6. The maximum atomic E-state index is 6.54. The molecule has 0 fully saturated rings. The molecule has 0 aliphatic heterocycles. The van der Waals surface area contributed by atoms with Crippen LogP contribution >= 0.6 is 23.2 Å². The zero-order chi connectivity index (χ0) is 20.1. The summed E-state index contributed by atoms with van der Waals surface area (Å²) in [5, 5.41) is 0.284. The van der Waals surface area contributed by atoms with Crippen LogP contribution in [0.5, 0.6) is 34.8 Å². The van der Waals surface area contributed by atoms with E-state index in [9.17, 15) is 0 Å². The van der Waals surface area contributed by atoms with E-state index in [-0.39, 0.29) is 27.6 Å². The van der Waals surface area contributed by atoms with Gasteiger partial charge in [-0.25, -0.2) is 0 Å². The van der Waals surface area contributed by atoms with Gasteiger partial charge in [-0.3, -0.25) is 0 Å². The molecule has 4 aromatic rings. The molecule has 0 amide bonds. The summed E-state index contributed by atoms with van der Waals surface area (Å²) in [7, 11) is 0. The molecular weight excluding hydrogens is 409 g/mol. The first kappa shape index (κ1) is 19.1. The van der Waals surface area contributed by atoms with Crippen molar-refractivity contribution in [1.82, 2.24) is 4.98 Å². The second kappa shape index (κ2) is 8.86. The van der Waals surface area contributed by atoms with E-state index in [1.807, 2.05) is 54.6 Å². The highest BCUT2D eigenvalue weighted by Crippen LogP contribution is 2.47. The third-order valence-electron chi connectivity index (χ3n) is 3.86. The van der Waals surface area contributed by atoms with Gasteiger partial charge in [-0.2, -0.15) is 4.98 Å². The summed E-state index contributed by atoms with van der Waals surface area (Å²) in [5.41, 5.74) is 0. The van der Waals surface area contributed by atoms with Gasteiger partial charge in [0.15, 0.2) is 5.75 Å². The van der Waals surface area contributed by atoms with Crippen molar-refractivity contribution in [1.29, 1.82) is 0 Å². The highest BCUT2D eigenvalue weighted by Gasteiger charge is 2.23. The number of hydrogen-bond donors (Lipinski definition) is 0. The summed E-state index contributed by atoms with van der Waals surface area (Å²) >= 11 is 13.1. The van der Waals surface area contributed by atoms with E-state index in [4.69, 9.17) is 37.4 Å². The zero-order valence-electron chi connectivity index (χ0n) is 15.1. The molecule has 4 rings (SSSR count). The lowest BCUT2D eigenvalue weighted by molar-refractivity contribution is 0.413. The van der Waals surface area contributed by atoms with E-state index in [0.29, 0.717) is 17.2 Å². The van der Waals surface area contributed by atoms with Crippen LogP contribution in [0, 0.1) is 0 Å². The lowest BCUT2D eigenvalue weighted by atomic mass is 10.3.